The van der Waals surface area contributed by atoms with Gasteiger partial charge < -0.3 is 15.9 Å². The number of nitrogens with two attached hydrogens (primary N) is 1. The van der Waals surface area contributed by atoms with Crippen molar-refractivity contribution in [2.45, 2.75) is 70.3 Å². The van der Waals surface area contributed by atoms with Gasteiger partial charge in [0.1, 0.15) is 5.75 Å². The Bertz CT molecular complexity index is 713. The Balaban J connectivity index is 1.40. The van der Waals surface area contributed by atoms with Gasteiger partial charge in [-0.05, 0) is 67.5 Å². The second kappa shape index (κ2) is 10.1. The predicted molar refractivity (Wildman–Crippen MR) is 110 cm³/mol. The van der Waals surface area contributed by atoms with E-state index in [4.69, 9.17) is 10.6 Å². The van der Waals surface area contributed by atoms with E-state index in [9.17, 15) is 4.79 Å². The smallest absolute Gasteiger partial charge is 0.224 e. The van der Waals surface area contributed by atoms with Crippen LogP contribution in [0.15, 0.2) is 40.9 Å². The summed E-state index contributed by atoms with van der Waals surface area (Å²) in [5.74, 6) is 6.24. The van der Waals surface area contributed by atoms with Crippen molar-refractivity contribution in [3.05, 3.63) is 36.0 Å². The zero-order valence-electron chi connectivity index (χ0n) is 16.5. The predicted octanol–water partition coefficient (Wildman–Crippen LogP) is 4.51. The summed E-state index contributed by atoms with van der Waals surface area (Å²) in [4.78, 5) is 11.4. The van der Waals surface area contributed by atoms with E-state index in [1.54, 1.807) is 0 Å². The lowest BCUT2D eigenvalue weighted by Gasteiger charge is -2.32. The molecule has 1 aliphatic carbocycles. The van der Waals surface area contributed by atoms with Crippen LogP contribution in [0.4, 0.5) is 5.69 Å². The third-order valence-electron chi connectivity index (χ3n) is 5.49. The number of aryl methyl sites for hydroxylation is 1. The minimum Gasteiger partial charge on any atom is -0.494 e. The first kappa shape index (κ1) is 20.2. The van der Waals surface area contributed by atoms with Crippen LogP contribution in [0, 0.1) is 0 Å². The lowest BCUT2D eigenvalue weighted by Crippen LogP contribution is -2.31. The summed E-state index contributed by atoms with van der Waals surface area (Å²) in [7, 11) is 0. The molecule has 0 aromatic heterocycles. The summed E-state index contributed by atoms with van der Waals surface area (Å²) in [6.07, 6.45) is 10.1. The summed E-state index contributed by atoms with van der Waals surface area (Å²) >= 11 is 0. The molecule has 7 nitrogen and oxygen atoms in total. The molecule has 0 spiro atoms. The number of amides is 1. The van der Waals surface area contributed by atoms with Gasteiger partial charge in [0.25, 0.3) is 0 Å². The molecular formula is C21H31N5O2. The van der Waals surface area contributed by atoms with Gasteiger partial charge in [-0.2, -0.15) is 0 Å². The molecule has 1 amide bonds. The summed E-state index contributed by atoms with van der Waals surface area (Å²) in [5, 5.41) is 12.4. The zero-order valence-corrected chi connectivity index (χ0v) is 16.5. The highest BCUT2D eigenvalue weighted by Crippen LogP contribution is 2.28. The summed E-state index contributed by atoms with van der Waals surface area (Å²) in [5.41, 5.74) is 3.02. The zero-order chi connectivity index (χ0) is 19.8. The Morgan fingerprint density at radius 3 is 2.86 bits per heavy atom. The summed E-state index contributed by atoms with van der Waals surface area (Å²) in [6, 6.07) is 6.24. The molecule has 0 unspecified atom stereocenters. The van der Waals surface area contributed by atoms with Crippen molar-refractivity contribution in [2.75, 3.05) is 11.9 Å². The average molecular weight is 386 g/mol. The molecule has 3 N–H and O–H groups in total. The maximum Gasteiger partial charge on any atom is 0.224 e. The Hall–Kier alpha value is -2.57. The first-order valence-corrected chi connectivity index (χ1v) is 10.3. The first-order valence-electron chi connectivity index (χ1n) is 10.3. The monoisotopic (exact) mass is 385 g/mol. The molecule has 28 heavy (non-hydrogen) atoms. The third kappa shape index (κ3) is 5.47. The lowest BCUT2D eigenvalue weighted by molar-refractivity contribution is -0.116. The molecule has 1 saturated carbocycles. The van der Waals surface area contributed by atoms with Crippen LogP contribution >= 0.6 is 0 Å². The number of hydrogen-bond donors (Lipinski definition) is 2. The van der Waals surface area contributed by atoms with Gasteiger partial charge >= 0.3 is 0 Å². The minimum atomic E-state index is 0.0813. The van der Waals surface area contributed by atoms with Gasteiger partial charge in [-0.3, -0.25) is 4.79 Å². The summed E-state index contributed by atoms with van der Waals surface area (Å²) < 4.78 is 5.89. The largest absolute Gasteiger partial charge is 0.494 e. The molecule has 1 aromatic rings. The van der Waals surface area contributed by atoms with Gasteiger partial charge in [0.15, 0.2) is 0 Å². The number of hydrogen-bond acceptors (Lipinski definition) is 4. The van der Waals surface area contributed by atoms with E-state index in [-0.39, 0.29) is 5.91 Å². The minimum absolute atomic E-state index is 0.0813. The number of ether oxygens (including phenoxy) is 1. The molecule has 1 aromatic carbocycles. The molecule has 0 atom stereocenters. The van der Waals surface area contributed by atoms with Crippen molar-refractivity contribution >= 4 is 11.6 Å². The second-order valence-electron chi connectivity index (χ2n) is 7.58. The number of carbonyl (C=O) groups is 1. The molecule has 0 bridgehead atoms. The fraction of sp³-hybridized carbons (Fsp3) is 0.571. The number of unbranched alkanes of at least 4 members (excludes halogenated alkanes) is 1. The Labute approximate surface area is 167 Å². The number of fused-ring (bicyclic) bond motifs is 1. The molecule has 1 heterocycles. The molecule has 2 aliphatic rings. The van der Waals surface area contributed by atoms with Crippen LogP contribution in [-0.4, -0.2) is 23.6 Å². The number of rotatable bonds is 9. The number of nitrogens with one attached hydrogen (secondary N) is 1. The van der Waals surface area contributed by atoms with E-state index in [1.165, 1.54) is 19.3 Å². The van der Waals surface area contributed by atoms with Crippen molar-refractivity contribution in [1.29, 1.82) is 0 Å². The number of benzene rings is 1. The number of anilines is 1. The topological polar surface area (TPSA) is 92.3 Å². The maximum absolute atomic E-state index is 11.4. The third-order valence-corrected chi connectivity index (χ3v) is 5.49. The fourth-order valence-electron chi connectivity index (χ4n) is 3.96. The van der Waals surface area contributed by atoms with E-state index in [0.29, 0.717) is 19.1 Å². The van der Waals surface area contributed by atoms with Gasteiger partial charge in [0.05, 0.1) is 12.6 Å². The van der Waals surface area contributed by atoms with Crippen molar-refractivity contribution in [2.24, 2.45) is 16.3 Å². The normalized spacial score (nSPS) is 17.2. The van der Waals surface area contributed by atoms with Crippen molar-refractivity contribution in [3.63, 3.8) is 0 Å². The second-order valence-corrected chi connectivity index (χ2v) is 7.58. The first-order chi connectivity index (χ1) is 13.7. The molecule has 7 heteroatoms. The maximum atomic E-state index is 11.4. The highest BCUT2D eigenvalue weighted by molar-refractivity contribution is 5.93. The van der Waals surface area contributed by atoms with Crippen LogP contribution in [-0.2, 0) is 11.2 Å². The molecule has 0 radical (unpaired) electrons. The van der Waals surface area contributed by atoms with E-state index in [0.717, 1.165) is 61.2 Å². The van der Waals surface area contributed by atoms with Gasteiger partial charge in [0.2, 0.25) is 5.91 Å². The van der Waals surface area contributed by atoms with Crippen LogP contribution in [0.25, 0.3) is 0 Å². The highest BCUT2D eigenvalue weighted by Gasteiger charge is 2.22. The number of nitrogens with zero attached hydrogens (tertiary/aromatic N) is 3. The van der Waals surface area contributed by atoms with Crippen LogP contribution in [0.5, 0.6) is 5.75 Å². The Morgan fingerprint density at radius 2 is 2.07 bits per heavy atom. The van der Waals surface area contributed by atoms with Gasteiger partial charge in [0, 0.05) is 17.8 Å². The van der Waals surface area contributed by atoms with Gasteiger partial charge in [-0.15, -0.1) is 0 Å². The molecule has 152 valence electrons. The van der Waals surface area contributed by atoms with Crippen LogP contribution in [0.1, 0.15) is 63.4 Å². The summed E-state index contributed by atoms with van der Waals surface area (Å²) in [6.45, 7) is 4.85. The van der Waals surface area contributed by atoms with E-state index in [1.807, 2.05) is 23.2 Å². The lowest BCUT2D eigenvalue weighted by atomic mass is 9.94. The standard InChI is InChI=1S/C21H31N5O2/c1-16(26(25-24-22)18-8-3-2-4-9-18)7-5-6-14-28-19-11-12-20-17(15-19)10-13-21(27)23-20/h11-12,15,18H,1-10,13-14H2,(H2,22,25)(H,23,27). The van der Waals surface area contributed by atoms with E-state index >= 15 is 0 Å². The van der Waals surface area contributed by atoms with Crippen LogP contribution in [0.2, 0.25) is 0 Å². The molecular weight excluding hydrogens is 354 g/mol. The molecule has 1 fully saturated rings. The molecule has 0 saturated heterocycles. The van der Waals surface area contributed by atoms with E-state index in [2.05, 4.69) is 22.3 Å². The van der Waals surface area contributed by atoms with Gasteiger partial charge in [-0.1, -0.05) is 31.1 Å². The highest BCUT2D eigenvalue weighted by atomic mass is 16.5. The quantitative estimate of drug-likeness (QED) is 0.283. The van der Waals surface area contributed by atoms with Gasteiger partial charge in [-0.25, -0.2) is 5.01 Å². The average Bonchev–Trinajstić information content (AvgIpc) is 2.72. The van der Waals surface area contributed by atoms with Crippen molar-refractivity contribution in [1.82, 2.24) is 5.01 Å². The van der Waals surface area contributed by atoms with Crippen LogP contribution < -0.4 is 15.9 Å². The SMILES string of the molecule is C=C(CCCCOc1ccc2c(c1)CCC(=O)N2)N(/N=N\N)C1CCCCC1. The molecule has 1 aliphatic heterocycles. The Morgan fingerprint density at radius 1 is 1.25 bits per heavy atom. The Kier molecular flexibility index (Phi) is 7.28. The fourth-order valence-corrected chi connectivity index (χ4v) is 3.96. The van der Waals surface area contributed by atoms with Crippen molar-refractivity contribution in [3.8, 4) is 5.75 Å². The number of carbonyl (C=O) groups excluding carboxylic acids is 1. The van der Waals surface area contributed by atoms with Crippen LogP contribution in [0.3, 0.4) is 0 Å². The van der Waals surface area contributed by atoms with Crippen molar-refractivity contribution < 1.29 is 9.53 Å². The molecule has 3 rings (SSSR count). The van der Waals surface area contributed by atoms with E-state index < -0.39 is 0 Å². The number of allylic oxidation sites excluding steroid dienone is 1.